The lowest BCUT2D eigenvalue weighted by Gasteiger charge is -2.27. The van der Waals surface area contributed by atoms with Crippen LogP contribution in [0.5, 0.6) is 23.0 Å². The van der Waals surface area contributed by atoms with Crippen LogP contribution >= 0.6 is 0 Å². The summed E-state index contributed by atoms with van der Waals surface area (Å²) in [6.45, 7) is 1.18. The molecule has 5 heteroatoms. The first kappa shape index (κ1) is 14.1. The molecule has 0 aliphatic carbocycles. The molecule has 5 nitrogen and oxygen atoms in total. The molecule has 2 heterocycles. The number of fused-ring (bicyclic) bond motifs is 2. The number of benzene rings is 2. The Bertz CT molecular complexity index is 744. The van der Waals surface area contributed by atoms with Gasteiger partial charge < -0.3 is 24.3 Å². The van der Waals surface area contributed by atoms with Gasteiger partial charge in [0, 0.05) is 24.2 Å². The normalized spacial score (nSPS) is 18.1. The van der Waals surface area contributed by atoms with Gasteiger partial charge in [-0.2, -0.15) is 0 Å². The molecule has 0 spiro atoms. The maximum atomic E-state index is 5.49. The third-order valence-electron chi connectivity index (χ3n) is 4.48. The minimum absolute atomic E-state index is 0.303. The van der Waals surface area contributed by atoms with E-state index in [-0.39, 0.29) is 0 Å². The van der Waals surface area contributed by atoms with Gasteiger partial charge in [0.05, 0.1) is 14.2 Å². The van der Waals surface area contributed by atoms with E-state index >= 15 is 0 Å². The number of ether oxygens (including phenoxy) is 4. The van der Waals surface area contributed by atoms with Gasteiger partial charge >= 0.3 is 0 Å². The third-order valence-corrected chi connectivity index (χ3v) is 4.48. The summed E-state index contributed by atoms with van der Waals surface area (Å²) in [5.74, 6) is 3.55. The summed E-state index contributed by atoms with van der Waals surface area (Å²) in [5.41, 5.74) is 3.62. The van der Waals surface area contributed by atoms with E-state index in [1.54, 1.807) is 14.2 Å². The summed E-state index contributed by atoms with van der Waals surface area (Å²) in [5, 5.41) is 3.50. The predicted molar refractivity (Wildman–Crippen MR) is 87.0 cm³/mol. The zero-order chi connectivity index (χ0) is 15.8. The second-order valence-corrected chi connectivity index (χ2v) is 5.76. The van der Waals surface area contributed by atoms with Crippen molar-refractivity contribution in [1.29, 1.82) is 0 Å². The van der Waals surface area contributed by atoms with Gasteiger partial charge in [-0.25, -0.2) is 0 Å². The lowest BCUT2D eigenvalue weighted by Crippen LogP contribution is -2.21. The molecule has 2 aromatic rings. The van der Waals surface area contributed by atoms with Crippen LogP contribution in [-0.2, 0) is 6.42 Å². The standard InChI is InChI=1S/C18H19NO4/c1-20-15-4-3-11(6-16(15)21-2)13-5-12-7-17-18(23-10-22-17)8-14(12)19-9-13/h3-4,6-8,13,19H,5,9-10H2,1-2H3. The van der Waals surface area contributed by atoms with Crippen LogP contribution in [0.25, 0.3) is 0 Å². The number of hydrogen-bond donors (Lipinski definition) is 1. The van der Waals surface area contributed by atoms with Gasteiger partial charge in [-0.1, -0.05) is 6.07 Å². The highest BCUT2D eigenvalue weighted by molar-refractivity contribution is 5.63. The van der Waals surface area contributed by atoms with E-state index in [4.69, 9.17) is 18.9 Å². The van der Waals surface area contributed by atoms with E-state index < -0.39 is 0 Å². The molecule has 0 saturated heterocycles. The highest BCUT2D eigenvalue weighted by Gasteiger charge is 2.24. The second-order valence-electron chi connectivity index (χ2n) is 5.76. The van der Waals surface area contributed by atoms with Crippen LogP contribution in [0.3, 0.4) is 0 Å². The van der Waals surface area contributed by atoms with Crippen LogP contribution in [0.2, 0.25) is 0 Å². The maximum absolute atomic E-state index is 5.49. The minimum atomic E-state index is 0.303. The molecule has 0 saturated carbocycles. The lowest BCUT2D eigenvalue weighted by atomic mass is 9.88. The molecule has 0 aromatic heterocycles. The van der Waals surface area contributed by atoms with Crippen LogP contribution < -0.4 is 24.3 Å². The van der Waals surface area contributed by atoms with E-state index in [0.29, 0.717) is 12.7 Å². The van der Waals surface area contributed by atoms with Gasteiger partial charge in [0.2, 0.25) is 6.79 Å². The number of anilines is 1. The molecule has 0 radical (unpaired) electrons. The quantitative estimate of drug-likeness (QED) is 0.943. The Morgan fingerprint density at radius 3 is 2.57 bits per heavy atom. The number of methoxy groups -OCH3 is 2. The van der Waals surface area contributed by atoms with Crippen molar-refractivity contribution >= 4 is 5.69 Å². The Kier molecular flexibility index (Phi) is 3.41. The van der Waals surface area contributed by atoms with E-state index in [9.17, 15) is 0 Å². The summed E-state index contributed by atoms with van der Waals surface area (Å²) in [4.78, 5) is 0. The Labute approximate surface area is 135 Å². The first-order chi connectivity index (χ1) is 11.3. The lowest BCUT2D eigenvalue weighted by molar-refractivity contribution is 0.174. The molecule has 2 aliphatic rings. The van der Waals surface area contributed by atoms with E-state index in [2.05, 4.69) is 23.5 Å². The molecule has 4 rings (SSSR count). The van der Waals surface area contributed by atoms with Crippen molar-refractivity contribution in [2.45, 2.75) is 12.3 Å². The zero-order valence-corrected chi connectivity index (χ0v) is 13.2. The fraction of sp³-hybridized carbons (Fsp3) is 0.333. The molecule has 2 aromatic carbocycles. The molecule has 23 heavy (non-hydrogen) atoms. The van der Waals surface area contributed by atoms with E-state index in [1.807, 2.05) is 12.1 Å². The second kappa shape index (κ2) is 5.57. The van der Waals surface area contributed by atoms with Gasteiger partial charge in [-0.05, 0) is 35.7 Å². The van der Waals surface area contributed by atoms with Crippen molar-refractivity contribution in [3.05, 3.63) is 41.5 Å². The SMILES string of the molecule is COc1ccc(C2CNc3cc4c(cc3C2)OCO4)cc1OC. The smallest absolute Gasteiger partial charge is 0.231 e. The fourth-order valence-corrected chi connectivity index (χ4v) is 3.23. The Balaban J connectivity index is 1.63. The first-order valence-corrected chi connectivity index (χ1v) is 7.67. The summed E-state index contributed by atoms with van der Waals surface area (Å²) >= 11 is 0. The molecular weight excluding hydrogens is 294 g/mol. The van der Waals surface area contributed by atoms with Crippen molar-refractivity contribution in [3.8, 4) is 23.0 Å². The van der Waals surface area contributed by atoms with Gasteiger partial charge in [-0.15, -0.1) is 0 Å². The average Bonchev–Trinajstić information content (AvgIpc) is 3.05. The van der Waals surface area contributed by atoms with Crippen LogP contribution in [0.15, 0.2) is 30.3 Å². The van der Waals surface area contributed by atoms with Crippen molar-refractivity contribution in [3.63, 3.8) is 0 Å². The summed E-state index contributed by atoms with van der Waals surface area (Å²) in [7, 11) is 3.31. The van der Waals surface area contributed by atoms with Crippen molar-refractivity contribution < 1.29 is 18.9 Å². The van der Waals surface area contributed by atoms with Crippen molar-refractivity contribution in [2.75, 3.05) is 32.9 Å². The minimum Gasteiger partial charge on any atom is -0.493 e. The highest BCUT2D eigenvalue weighted by Crippen LogP contribution is 2.41. The number of nitrogens with one attached hydrogen (secondary N) is 1. The van der Waals surface area contributed by atoms with Crippen molar-refractivity contribution in [2.24, 2.45) is 0 Å². The fourth-order valence-electron chi connectivity index (χ4n) is 3.23. The van der Waals surface area contributed by atoms with E-state index in [1.165, 1.54) is 11.1 Å². The average molecular weight is 313 g/mol. The summed E-state index contributed by atoms with van der Waals surface area (Å²) in [6.07, 6.45) is 0.953. The maximum Gasteiger partial charge on any atom is 0.231 e. The largest absolute Gasteiger partial charge is 0.493 e. The van der Waals surface area contributed by atoms with Gasteiger partial charge in [0.1, 0.15) is 0 Å². The predicted octanol–water partition coefficient (Wildman–Crippen LogP) is 3.18. The molecule has 1 N–H and O–H groups in total. The molecule has 0 amide bonds. The molecule has 120 valence electrons. The topological polar surface area (TPSA) is 49.0 Å². The Morgan fingerprint density at radius 2 is 1.78 bits per heavy atom. The third kappa shape index (κ3) is 2.42. The van der Waals surface area contributed by atoms with Crippen LogP contribution in [-0.4, -0.2) is 27.6 Å². The highest BCUT2D eigenvalue weighted by atomic mass is 16.7. The van der Waals surface area contributed by atoms with Crippen molar-refractivity contribution in [1.82, 2.24) is 0 Å². The number of rotatable bonds is 3. The van der Waals surface area contributed by atoms with Gasteiger partial charge in [-0.3, -0.25) is 0 Å². The van der Waals surface area contributed by atoms with Gasteiger partial charge in [0.25, 0.3) is 0 Å². The molecule has 2 aliphatic heterocycles. The molecule has 0 bridgehead atoms. The van der Waals surface area contributed by atoms with Gasteiger partial charge in [0.15, 0.2) is 23.0 Å². The zero-order valence-electron chi connectivity index (χ0n) is 13.2. The summed E-state index contributed by atoms with van der Waals surface area (Å²) in [6, 6.07) is 10.2. The molecule has 1 atom stereocenters. The van der Waals surface area contributed by atoms with Crippen LogP contribution in [0, 0.1) is 0 Å². The molecule has 0 fully saturated rings. The Hall–Kier alpha value is -2.56. The number of hydrogen-bond acceptors (Lipinski definition) is 5. The van der Waals surface area contributed by atoms with E-state index in [0.717, 1.165) is 41.7 Å². The monoisotopic (exact) mass is 313 g/mol. The molecular formula is C18H19NO4. The first-order valence-electron chi connectivity index (χ1n) is 7.67. The Morgan fingerprint density at radius 1 is 1.00 bits per heavy atom. The van der Waals surface area contributed by atoms with Crippen LogP contribution in [0.4, 0.5) is 5.69 Å². The van der Waals surface area contributed by atoms with Crippen LogP contribution in [0.1, 0.15) is 17.0 Å². The summed E-state index contributed by atoms with van der Waals surface area (Å²) < 4.78 is 21.7. The molecule has 1 unspecified atom stereocenters.